The molecule has 0 rings (SSSR count). The Bertz CT molecular complexity index is 156. The number of nitrogens with zero attached hydrogens (tertiary/aromatic N) is 2. The molecule has 0 spiro atoms. The first-order valence-corrected chi connectivity index (χ1v) is 5.79. The van der Waals surface area contributed by atoms with Crippen LogP contribution in [0.2, 0.25) is 0 Å². The van der Waals surface area contributed by atoms with Crippen molar-refractivity contribution in [1.82, 2.24) is 0 Å². The Morgan fingerprint density at radius 3 is 1.47 bits per heavy atom. The normalized spacial score (nSPS) is 8.73. The molecule has 0 N–H and O–H groups in total. The fourth-order valence-electron chi connectivity index (χ4n) is 0.517. The average molecular weight is 214 g/mol. The summed E-state index contributed by atoms with van der Waals surface area (Å²) in [5.41, 5.74) is 1.71. The summed E-state index contributed by atoms with van der Waals surface area (Å²) in [5.74, 6) is 0. The molecule has 0 heterocycles. The molecule has 0 amide bonds. The van der Waals surface area contributed by atoms with E-state index in [1.807, 2.05) is 55.4 Å². The first-order chi connectivity index (χ1) is 7.16. The van der Waals surface area contributed by atoms with Crippen molar-refractivity contribution in [3.63, 3.8) is 0 Å². The maximum Gasteiger partial charge on any atom is 0.0553 e. The Morgan fingerprint density at radius 1 is 0.933 bits per heavy atom. The van der Waals surface area contributed by atoms with Crippen molar-refractivity contribution in [2.45, 2.75) is 55.4 Å². The lowest BCUT2D eigenvalue weighted by Gasteiger charge is -1.88. The van der Waals surface area contributed by atoms with Gasteiger partial charge in [0.2, 0.25) is 0 Å². The van der Waals surface area contributed by atoms with Gasteiger partial charge in [-0.1, -0.05) is 48.1 Å². The monoisotopic (exact) mass is 214 g/mol. The highest BCUT2D eigenvalue weighted by Gasteiger charge is 1.80. The van der Waals surface area contributed by atoms with E-state index in [1.165, 1.54) is 0 Å². The van der Waals surface area contributed by atoms with Crippen molar-refractivity contribution in [2.24, 2.45) is 9.98 Å². The van der Waals surface area contributed by atoms with Crippen LogP contribution in [0.4, 0.5) is 0 Å². The summed E-state index contributed by atoms with van der Waals surface area (Å²) >= 11 is 0. The third-order valence-corrected chi connectivity index (χ3v) is 0.683. The third-order valence-electron chi connectivity index (χ3n) is 0.683. The number of hydrogen-bond acceptors (Lipinski definition) is 2. The van der Waals surface area contributed by atoms with Crippen LogP contribution in [0.25, 0.3) is 0 Å². The van der Waals surface area contributed by atoms with Gasteiger partial charge in [-0.15, -0.1) is 0 Å². The van der Waals surface area contributed by atoms with Crippen molar-refractivity contribution in [1.29, 1.82) is 0 Å². The molecule has 0 unspecified atom stereocenters. The summed E-state index contributed by atoms with van der Waals surface area (Å²) in [6.07, 6.45) is 1.70. The molecule has 0 aliphatic rings. The number of allylic oxidation sites excluding steroid dienone is 1. The van der Waals surface area contributed by atoms with Gasteiger partial charge < -0.3 is 0 Å². The SMILES string of the molecule is C=C(C)N=C(C)C=NC.CC.CC.CC. The van der Waals surface area contributed by atoms with Crippen LogP contribution in [-0.2, 0) is 0 Å². The Morgan fingerprint density at radius 2 is 1.27 bits per heavy atom. The fraction of sp³-hybridized carbons (Fsp3) is 0.692. The first kappa shape index (κ1) is 23.7. The van der Waals surface area contributed by atoms with Gasteiger partial charge >= 0.3 is 0 Å². The molecule has 0 aromatic heterocycles. The Hall–Kier alpha value is -0.920. The lowest BCUT2D eigenvalue weighted by molar-refractivity contribution is 1.32. The van der Waals surface area contributed by atoms with E-state index in [4.69, 9.17) is 0 Å². The molecule has 0 fully saturated rings. The Kier molecular flexibility index (Phi) is 46.2. The molecule has 0 saturated heterocycles. The van der Waals surface area contributed by atoms with Crippen LogP contribution in [-0.4, -0.2) is 19.0 Å². The molecule has 0 aromatic carbocycles. The lowest BCUT2D eigenvalue weighted by atomic mass is 10.4. The van der Waals surface area contributed by atoms with Crippen molar-refractivity contribution in [2.75, 3.05) is 7.05 Å². The topological polar surface area (TPSA) is 24.7 Å². The predicted molar refractivity (Wildman–Crippen MR) is 76.4 cm³/mol. The maximum absolute atomic E-state index is 4.04. The molecular weight excluding hydrogens is 184 g/mol. The summed E-state index contributed by atoms with van der Waals surface area (Å²) in [6.45, 7) is 19.4. The minimum absolute atomic E-state index is 0.812. The second kappa shape index (κ2) is 29.2. The summed E-state index contributed by atoms with van der Waals surface area (Å²) < 4.78 is 0. The van der Waals surface area contributed by atoms with Crippen LogP contribution in [0.3, 0.4) is 0 Å². The van der Waals surface area contributed by atoms with E-state index in [-0.39, 0.29) is 0 Å². The second-order valence-corrected chi connectivity index (χ2v) is 1.88. The summed E-state index contributed by atoms with van der Waals surface area (Å²) in [7, 11) is 1.72. The lowest BCUT2D eigenvalue weighted by Crippen LogP contribution is -1.91. The largest absolute Gasteiger partial charge is 0.295 e. The first-order valence-electron chi connectivity index (χ1n) is 5.79. The van der Waals surface area contributed by atoms with E-state index in [9.17, 15) is 0 Å². The van der Waals surface area contributed by atoms with Gasteiger partial charge in [-0.2, -0.15) is 0 Å². The molecule has 2 nitrogen and oxygen atoms in total. The van der Waals surface area contributed by atoms with Gasteiger partial charge in [0.05, 0.1) is 5.71 Å². The molecule has 0 atom stereocenters. The zero-order valence-corrected chi connectivity index (χ0v) is 12.2. The minimum Gasteiger partial charge on any atom is -0.295 e. The molecule has 2 heteroatoms. The smallest absolute Gasteiger partial charge is 0.0553 e. The van der Waals surface area contributed by atoms with Crippen LogP contribution in [0.1, 0.15) is 55.4 Å². The molecule has 0 bridgehead atoms. The van der Waals surface area contributed by atoms with Crippen LogP contribution in [0, 0.1) is 0 Å². The van der Waals surface area contributed by atoms with Gasteiger partial charge in [-0.05, 0) is 13.8 Å². The van der Waals surface area contributed by atoms with Crippen LogP contribution >= 0.6 is 0 Å². The quantitative estimate of drug-likeness (QED) is 0.592. The van der Waals surface area contributed by atoms with E-state index < -0.39 is 0 Å². The van der Waals surface area contributed by atoms with E-state index >= 15 is 0 Å². The molecule has 15 heavy (non-hydrogen) atoms. The molecule has 0 saturated carbocycles. The van der Waals surface area contributed by atoms with Gasteiger partial charge in [0.25, 0.3) is 0 Å². The van der Waals surface area contributed by atoms with Crippen molar-refractivity contribution < 1.29 is 0 Å². The highest BCUT2D eigenvalue weighted by Crippen LogP contribution is 1.87. The maximum atomic E-state index is 4.04. The summed E-state index contributed by atoms with van der Waals surface area (Å²) in [6, 6.07) is 0. The highest BCUT2D eigenvalue weighted by atomic mass is 14.8. The molecule has 0 aliphatic carbocycles. The van der Waals surface area contributed by atoms with Gasteiger partial charge in [0, 0.05) is 19.0 Å². The van der Waals surface area contributed by atoms with Crippen molar-refractivity contribution in [3.05, 3.63) is 12.3 Å². The standard InChI is InChI=1S/C7H12N2.3C2H6/c1-6(2)9-7(3)5-8-4;3*1-2/h5H,1H2,2-4H3;3*1-2H3. The fourth-order valence-corrected chi connectivity index (χ4v) is 0.517. The third kappa shape index (κ3) is 43.4. The zero-order valence-electron chi connectivity index (χ0n) is 12.2. The minimum atomic E-state index is 0.812. The molecule has 0 aromatic rings. The van der Waals surface area contributed by atoms with Crippen molar-refractivity contribution in [3.8, 4) is 0 Å². The molecule has 0 radical (unpaired) electrons. The number of rotatable bonds is 2. The Balaban J connectivity index is -0.0000000860. The summed E-state index contributed by atoms with van der Waals surface area (Å²) in [4.78, 5) is 7.83. The van der Waals surface area contributed by atoms with E-state index in [2.05, 4.69) is 16.6 Å². The van der Waals surface area contributed by atoms with E-state index in [0.717, 1.165) is 11.4 Å². The second-order valence-electron chi connectivity index (χ2n) is 1.88. The number of aliphatic imine (C=N–C) groups is 2. The average Bonchev–Trinajstić information content (AvgIpc) is 2.26. The highest BCUT2D eigenvalue weighted by molar-refractivity contribution is 6.29. The van der Waals surface area contributed by atoms with Crippen LogP contribution in [0.5, 0.6) is 0 Å². The van der Waals surface area contributed by atoms with Gasteiger partial charge in [-0.25, -0.2) is 0 Å². The molecular formula is C13H30N2. The Labute approximate surface area is 97.2 Å². The number of hydrogen-bond donors (Lipinski definition) is 0. The zero-order chi connectivity index (χ0) is 13.3. The van der Waals surface area contributed by atoms with Crippen LogP contribution < -0.4 is 0 Å². The van der Waals surface area contributed by atoms with Gasteiger partial charge in [0.1, 0.15) is 0 Å². The summed E-state index contributed by atoms with van der Waals surface area (Å²) in [5, 5.41) is 0. The van der Waals surface area contributed by atoms with Crippen LogP contribution in [0.15, 0.2) is 22.3 Å². The van der Waals surface area contributed by atoms with E-state index in [1.54, 1.807) is 13.3 Å². The van der Waals surface area contributed by atoms with E-state index in [0.29, 0.717) is 0 Å². The molecule has 0 aliphatic heterocycles. The van der Waals surface area contributed by atoms with Gasteiger partial charge in [-0.3, -0.25) is 9.98 Å². The predicted octanol–water partition coefficient (Wildman–Crippen LogP) is 4.76. The van der Waals surface area contributed by atoms with Gasteiger partial charge in [0.15, 0.2) is 0 Å². The molecule has 92 valence electrons. The van der Waals surface area contributed by atoms with Crippen molar-refractivity contribution >= 4 is 11.9 Å².